The number of carbonyl (C=O) groups is 1. The molecule has 1 N–H and O–H groups in total. The van der Waals surface area contributed by atoms with Crippen molar-refractivity contribution in [2.24, 2.45) is 5.92 Å². The first-order valence-electron chi connectivity index (χ1n) is 4.81. The molecule has 0 rings (SSSR count). The summed E-state index contributed by atoms with van der Waals surface area (Å²) in [5, 5.41) is 8.82. The van der Waals surface area contributed by atoms with E-state index in [9.17, 15) is 4.79 Å². The van der Waals surface area contributed by atoms with Crippen LogP contribution in [0.1, 0.15) is 27.7 Å². The van der Waals surface area contributed by atoms with E-state index < -0.39 is 5.60 Å². The maximum atomic E-state index is 11.4. The fraction of sp³-hybridized carbons (Fsp3) is 0.900. The van der Waals surface area contributed by atoms with Gasteiger partial charge in [-0.15, -0.1) is 0 Å². The van der Waals surface area contributed by atoms with Crippen LogP contribution in [-0.4, -0.2) is 41.9 Å². The average molecular weight is 203 g/mol. The summed E-state index contributed by atoms with van der Waals surface area (Å²) in [6.07, 6.45) is -0.349. The van der Waals surface area contributed by atoms with Crippen LogP contribution < -0.4 is 0 Å². The third kappa shape index (κ3) is 5.80. The summed E-state index contributed by atoms with van der Waals surface area (Å²) in [4.78, 5) is 12.9. The van der Waals surface area contributed by atoms with Crippen molar-refractivity contribution in [1.82, 2.24) is 4.90 Å². The Balaban J connectivity index is 4.00. The van der Waals surface area contributed by atoms with Crippen LogP contribution in [0.25, 0.3) is 0 Å². The molecule has 1 amide bonds. The first-order valence-corrected chi connectivity index (χ1v) is 4.81. The van der Waals surface area contributed by atoms with Gasteiger partial charge in [0.25, 0.3) is 0 Å². The number of hydrogen-bond donors (Lipinski definition) is 1. The number of nitrogens with zero attached hydrogens (tertiary/aromatic N) is 1. The van der Waals surface area contributed by atoms with Gasteiger partial charge in [-0.2, -0.15) is 0 Å². The molecule has 0 aliphatic carbocycles. The smallest absolute Gasteiger partial charge is 0.410 e. The third-order valence-corrected chi connectivity index (χ3v) is 1.60. The Hall–Kier alpha value is -0.770. The van der Waals surface area contributed by atoms with E-state index in [0.29, 0.717) is 6.54 Å². The van der Waals surface area contributed by atoms with Crippen LogP contribution in [0.3, 0.4) is 0 Å². The van der Waals surface area contributed by atoms with Gasteiger partial charge in [0.05, 0.1) is 0 Å². The molecule has 4 heteroatoms. The molecule has 0 aromatic carbocycles. The van der Waals surface area contributed by atoms with Crippen molar-refractivity contribution in [3.8, 4) is 0 Å². The number of aliphatic hydroxyl groups is 1. The predicted molar refractivity (Wildman–Crippen MR) is 55.1 cm³/mol. The molecular formula is C10H21NO3. The molecule has 0 aliphatic heterocycles. The summed E-state index contributed by atoms with van der Waals surface area (Å²) in [6.45, 7) is 7.94. The highest BCUT2D eigenvalue weighted by atomic mass is 16.6. The highest BCUT2D eigenvalue weighted by Crippen LogP contribution is 2.09. The van der Waals surface area contributed by atoms with Crippen LogP contribution in [0.5, 0.6) is 0 Å². The lowest BCUT2D eigenvalue weighted by atomic mass is 10.2. The summed E-state index contributed by atoms with van der Waals surface area (Å²) in [5.74, 6) is 0.0764. The molecule has 0 heterocycles. The summed E-state index contributed by atoms with van der Waals surface area (Å²) < 4.78 is 5.15. The van der Waals surface area contributed by atoms with Crippen molar-refractivity contribution in [3.63, 3.8) is 0 Å². The lowest BCUT2D eigenvalue weighted by Crippen LogP contribution is -2.37. The Morgan fingerprint density at radius 3 is 2.36 bits per heavy atom. The number of ether oxygens (including phenoxy) is 1. The van der Waals surface area contributed by atoms with Crippen LogP contribution in [-0.2, 0) is 4.74 Å². The van der Waals surface area contributed by atoms with Gasteiger partial charge >= 0.3 is 6.09 Å². The zero-order valence-corrected chi connectivity index (χ0v) is 9.70. The lowest BCUT2D eigenvalue weighted by Gasteiger charge is -2.25. The fourth-order valence-electron chi connectivity index (χ4n) is 0.940. The van der Waals surface area contributed by atoms with E-state index >= 15 is 0 Å². The normalized spacial score (nSPS) is 13.6. The SMILES string of the molecule is C[C@@H](CO)CN(C)C(=O)OC(C)(C)C. The van der Waals surface area contributed by atoms with Crippen molar-refractivity contribution in [2.75, 3.05) is 20.2 Å². The van der Waals surface area contributed by atoms with E-state index in [0.717, 1.165) is 0 Å². The molecule has 0 saturated heterocycles. The van der Waals surface area contributed by atoms with Crippen molar-refractivity contribution in [3.05, 3.63) is 0 Å². The second-order valence-corrected chi connectivity index (χ2v) is 4.65. The summed E-state index contributed by atoms with van der Waals surface area (Å²) in [5.41, 5.74) is -0.464. The molecule has 1 atom stereocenters. The summed E-state index contributed by atoms with van der Waals surface area (Å²) in [7, 11) is 1.67. The molecule has 0 spiro atoms. The number of amides is 1. The Bertz CT molecular complexity index is 186. The van der Waals surface area contributed by atoms with Gasteiger partial charge in [-0.05, 0) is 26.7 Å². The van der Waals surface area contributed by atoms with Crippen LogP contribution in [0.4, 0.5) is 4.79 Å². The first kappa shape index (κ1) is 13.2. The van der Waals surface area contributed by atoms with Gasteiger partial charge in [-0.3, -0.25) is 0 Å². The van der Waals surface area contributed by atoms with E-state index in [4.69, 9.17) is 9.84 Å². The number of carbonyl (C=O) groups excluding carboxylic acids is 1. The standard InChI is InChI=1S/C10H21NO3/c1-8(7-12)6-11(5)9(13)14-10(2,3)4/h8,12H,6-7H2,1-5H3/t8-/m1/s1. The van der Waals surface area contributed by atoms with Gasteiger partial charge in [-0.25, -0.2) is 4.79 Å². The Morgan fingerprint density at radius 1 is 1.50 bits per heavy atom. The minimum atomic E-state index is -0.464. The van der Waals surface area contributed by atoms with Gasteiger partial charge in [0.15, 0.2) is 0 Å². The Morgan fingerprint density at radius 2 is 2.00 bits per heavy atom. The summed E-state index contributed by atoms with van der Waals surface area (Å²) in [6, 6.07) is 0. The van der Waals surface area contributed by atoms with E-state index in [-0.39, 0.29) is 18.6 Å². The van der Waals surface area contributed by atoms with E-state index in [1.165, 1.54) is 4.90 Å². The third-order valence-electron chi connectivity index (χ3n) is 1.60. The van der Waals surface area contributed by atoms with Crippen molar-refractivity contribution in [2.45, 2.75) is 33.3 Å². The largest absolute Gasteiger partial charge is 0.444 e. The highest BCUT2D eigenvalue weighted by Gasteiger charge is 2.20. The van der Waals surface area contributed by atoms with Crippen LogP contribution in [0.15, 0.2) is 0 Å². The van der Waals surface area contributed by atoms with Crippen molar-refractivity contribution in [1.29, 1.82) is 0 Å². The lowest BCUT2D eigenvalue weighted by molar-refractivity contribution is 0.0262. The molecule has 0 radical (unpaired) electrons. The molecule has 14 heavy (non-hydrogen) atoms. The maximum absolute atomic E-state index is 11.4. The minimum absolute atomic E-state index is 0.0764. The highest BCUT2D eigenvalue weighted by molar-refractivity contribution is 5.67. The fourth-order valence-corrected chi connectivity index (χ4v) is 0.940. The van der Waals surface area contributed by atoms with Gasteiger partial charge in [0, 0.05) is 20.2 Å². The minimum Gasteiger partial charge on any atom is -0.444 e. The zero-order chi connectivity index (χ0) is 11.4. The van der Waals surface area contributed by atoms with E-state index in [1.54, 1.807) is 7.05 Å². The average Bonchev–Trinajstić information content (AvgIpc) is 2.00. The van der Waals surface area contributed by atoms with E-state index in [2.05, 4.69) is 0 Å². The Kier molecular flexibility index (Phi) is 4.91. The second kappa shape index (κ2) is 5.20. The quantitative estimate of drug-likeness (QED) is 0.756. The van der Waals surface area contributed by atoms with Crippen molar-refractivity contribution < 1.29 is 14.6 Å². The first-order chi connectivity index (χ1) is 6.26. The number of aliphatic hydroxyl groups excluding tert-OH is 1. The van der Waals surface area contributed by atoms with Gasteiger partial charge in [-0.1, -0.05) is 6.92 Å². The van der Waals surface area contributed by atoms with E-state index in [1.807, 2.05) is 27.7 Å². The second-order valence-electron chi connectivity index (χ2n) is 4.65. The Labute approximate surface area is 85.9 Å². The molecule has 4 nitrogen and oxygen atoms in total. The zero-order valence-electron chi connectivity index (χ0n) is 9.70. The molecule has 0 unspecified atom stereocenters. The molecule has 0 saturated carbocycles. The molecule has 0 fully saturated rings. The van der Waals surface area contributed by atoms with Crippen molar-refractivity contribution >= 4 is 6.09 Å². The molecule has 0 aromatic rings. The molecule has 0 aromatic heterocycles. The maximum Gasteiger partial charge on any atom is 0.410 e. The number of hydrogen-bond acceptors (Lipinski definition) is 3. The van der Waals surface area contributed by atoms with Gasteiger partial charge in [0.1, 0.15) is 5.60 Å². The monoisotopic (exact) mass is 203 g/mol. The molecule has 0 bridgehead atoms. The van der Waals surface area contributed by atoms with Crippen LogP contribution >= 0.6 is 0 Å². The molecular weight excluding hydrogens is 182 g/mol. The molecule has 84 valence electrons. The van der Waals surface area contributed by atoms with Crippen LogP contribution in [0, 0.1) is 5.92 Å². The summed E-state index contributed by atoms with van der Waals surface area (Å²) >= 11 is 0. The molecule has 0 aliphatic rings. The topological polar surface area (TPSA) is 49.8 Å². The van der Waals surface area contributed by atoms with Crippen LogP contribution in [0.2, 0.25) is 0 Å². The number of rotatable bonds is 3. The van der Waals surface area contributed by atoms with Gasteiger partial charge in [0.2, 0.25) is 0 Å². The van der Waals surface area contributed by atoms with Gasteiger partial charge < -0.3 is 14.7 Å². The predicted octanol–water partition coefficient (Wildman–Crippen LogP) is 1.48.